The van der Waals surface area contributed by atoms with E-state index >= 15 is 0 Å². The summed E-state index contributed by atoms with van der Waals surface area (Å²) >= 11 is 0. The number of carbonyl (C=O) groups is 2. The third-order valence-electron chi connectivity index (χ3n) is 3.99. The lowest BCUT2D eigenvalue weighted by Gasteiger charge is -2.20. The van der Waals surface area contributed by atoms with Gasteiger partial charge in [0.15, 0.2) is 5.54 Å². The highest BCUT2D eigenvalue weighted by molar-refractivity contribution is 6.06. The van der Waals surface area contributed by atoms with Crippen LogP contribution < -0.4 is 10.1 Å². The molecular formula is C18H19N3O3. The summed E-state index contributed by atoms with van der Waals surface area (Å²) in [5, 5.41) is 2.74. The van der Waals surface area contributed by atoms with E-state index in [4.69, 9.17) is 4.74 Å². The molecule has 0 spiro atoms. The van der Waals surface area contributed by atoms with Crippen molar-refractivity contribution in [2.45, 2.75) is 18.9 Å². The number of hydrogen-bond donors (Lipinski definition) is 1. The SMILES string of the molecule is CC1(c2ccccn2)NC(=O)N(CCCOc2ccccc2)C1=O. The van der Waals surface area contributed by atoms with E-state index in [0.29, 0.717) is 25.3 Å². The fourth-order valence-electron chi connectivity index (χ4n) is 2.66. The number of rotatable bonds is 6. The van der Waals surface area contributed by atoms with Crippen LogP contribution in [0.4, 0.5) is 4.79 Å². The molecule has 24 heavy (non-hydrogen) atoms. The van der Waals surface area contributed by atoms with E-state index in [1.807, 2.05) is 30.3 Å². The maximum absolute atomic E-state index is 12.7. The van der Waals surface area contributed by atoms with Crippen molar-refractivity contribution < 1.29 is 14.3 Å². The summed E-state index contributed by atoms with van der Waals surface area (Å²) in [4.78, 5) is 30.3. The van der Waals surface area contributed by atoms with Gasteiger partial charge in [0.1, 0.15) is 5.75 Å². The molecule has 0 radical (unpaired) electrons. The van der Waals surface area contributed by atoms with Crippen molar-refractivity contribution in [3.8, 4) is 5.75 Å². The fraction of sp³-hybridized carbons (Fsp3) is 0.278. The zero-order chi connectivity index (χ0) is 17.0. The molecule has 1 aliphatic heterocycles. The first-order valence-corrected chi connectivity index (χ1v) is 7.85. The van der Waals surface area contributed by atoms with Crippen molar-refractivity contribution in [3.63, 3.8) is 0 Å². The third-order valence-corrected chi connectivity index (χ3v) is 3.99. The van der Waals surface area contributed by atoms with E-state index in [2.05, 4.69) is 10.3 Å². The number of ether oxygens (including phenoxy) is 1. The van der Waals surface area contributed by atoms with E-state index in [9.17, 15) is 9.59 Å². The zero-order valence-electron chi connectivity index (χ0n) is 13.4. The van der Waals surface area contributed by atoms with Crippen molar-refractivity contribution in [3.05, 3.63) is 60.4 Å². The molecule has 2 aromatic rings. The van der Waals surface area contributed by atoms with Crippen LogP contribution in [0.1, 0.15) is 19.0 Å². The molecule has 1 unspecified atom stereocenters. The molecule has 0 aliphatic carbocycles. The van der Waals surface area contributed by atoms with E-state index in [-0.39, 0.29) is 5.91 Å². The Balaban J connectivity index is 1.59. The minimum absolute atomic E-state index is 0.286. The maximum Gasteiger partial charge on any atom is 0.325 e. The number of hydrogen-bond acceptors (Lipinski definition) is 4. The Morgan fingerprint density at radius 2 is 1.88 bits per heavy atom. The van der Waals surface area contributed by atoms with Crippen molar-refractivity contribution in [1.29, 1.82) is 0 Å². The predicted molar refractivity (Wildman–Crippen MR) is 88.4 cm³/mol. The summed E-state index contributed by atoms with van der Waals surface area (Å²) in [6.45, 7) is 2.41. The number of para-hydroxylation sites is 1. The van der Waals surface area contributed by atoms with Gasteiger partial charge in [0.05, 0.1) is 12.3 Å². The molecule has 6 nitrogen and oxygen atoms in total. The van der Waals surface area contributed by atoms with Gasteiger partial charge in [0.25, 0.3) is 5.91 Å². The van der Waals surface area contributed by atoms with Gasteiger partial charge in [-0.15, -0.1) is 0 Å². The molecule has 6 heteroatoms. The molecule has 1 fully saturated rings. The molecule has 3 rings (SSSR count). The quantitative estimate of drug-likeness (QED) is 0.653. The van der Waals surface area contributed by atoms with Crippen LogP contribution in [0.5, 0.6) is 5.75 Å². The third kappa shape index (κ3) is 3.08. The van der Waals surface area contributed by atoms with Crippen LogP contribution in [0.25, 0.3) is 0 Å². The molecular weight excluding hydrogens is 306 g/mol. The second-order valence-electron chi connectivity index (χ2n) is 5.74. The summed E-state index contributed by atoms with van der Waals surface area (Å²) in [5.41, 5.74) is -0.579. The number of amides is 3. The Hall–Kier alpha value is -2.89. The van der Waals surface area contributed by atoms with Crippen molar-refractivity contribution >= 4 is 11.9 Å². The van der Waals surface area contributed by atoms with Gasteiger partial charge in [-0.3, -0.25) is 14.7 Å². The molecule has 1 N–H and O–H groups in total. The number of urea groups is 1. The first-order valence-electron chi connectivity index (χ1n) is 7.85. The molecule has 1 aromatic heterocycles. The van der Waals surface area contributed by atoms with Gasteiger partial charge in [0, 0.05) is 12.7 Å². The zero-order valence-corrected chi connectivity index (χ0v) is 13.4. The number of pyridine rings is 1. The highest BCUT2D eigenvalue weighted by Gasteiger charge is 2.49. The van der Waals surface area contributed by atoms with Crippen molar-refractivity contribution in [2.24, 2.45) is 0 Å². The second-order valence-corrected chi connectivity index (χ2v) is 5.74. The van der Waals surface area contributed by atoms with Crippen LogP contribution >= 0.6 is 0 Å². The summed E-state index contributed by atoms with van der Waals surface area (Å²) in [6.07, 6.45) is 2.17. The number of aromatic nitrogens is 1. The standard InChI is InChI=1S/C18H19N3O3/c1-18(15-10-5-6-11-19-15)16(22)21(17(23)20-18)12-7-13-24-14-8-3-2-4-9-14/h2-6,8-11H,7,12-13H2,1H3,(H,20,23). The predicted octanol–water partition coefficient (Wildman–Crippen LogP) is 2.32. The van der Waals surface area contributed by atoms with Gasteiger partial charge < -0.3 is 10.1 Å². The van der Waals surface area contributed by atoms with Crippen LogP contribution in [0.15, 0.2) is 54.7 Å². The van der Waals surface area contributed by atoms with E-state index in [0.717, 1.165) is 5.75 Å². The molecule has 0 saturated carbocycles. The summed E-state index contributed by atoms with van der Waals surface area (Å²) in [6, 6.07) is 14.3. The molecule has 3 amide bonds. The number of nitrogens with zero attached hydrogens (tertiary/aromatic N) is 2. The normalized spacial score (nSPS) is 20.1. The van der Waals surface area contributed by atoms with Crippen LogP contribution in [-0.4, -0.2) is 35.0 Å². The average molecular weight is 325 g/mol. The number of imide groups is 1. The first-order chi connectivity index (χ1) is 11.6. The Labute approximate surface area is 140 Å². The minimum atomic E-state index is -1.11. The lowest BCUT2D eigenvalue weighted by molar-refractivity contribution is -0.131. The summed E-state index contributed by atoms with van der Waals surface area (Å²) in [5.74, 6) is 0.485. The van der Waals surface area contributed by atoms with Crippen molar-refractivity contribution in [2.75, 3.05) is 13.2 Å². The number of carbonyl (C=O) groups excluding carboxylic acids is 2. The number of benzene rings is 1. The molecule has 1 aromatic carbocycles. The van der Waals surface area contributed by atoms with E-state index < -0.39 is 11.6 Å². The lowest BCUT2D eigenvalue weighted by Crippen LogP contribution is -2.41. The van der Waals surface area contributed by atoms with Crippen molar-refractivity contribution in [1.82, 2.24) is 15.2 Å². The topological polar surface area (TPSA) is 71.5 Å². The van der Waals surface area contributed by atoms with Gasteiger partial charge in [-0.2, -0.15) is 0 Å². The van der Waals surface area contributed by atoms with E-state index in [1.165, 1.54) is 4.90 Å². The van der Waals surface area contributed by atoms with Crippen LogP contribution in [0, 0.1) is 0 Å². The van der Waals surface area contributed by atoms with Gasteiger partial charge in [-0.1, -0.05) is 24.3 Å². The summed E-state index contributed by atoms with van der Waals surface area (Å²) < 4.78 is 5.59. The van der Waals surface area contributed by atoms with Gasteiger partial charge in [-0.25, -0.2) is 4.79 Å². The smallest absolute Gasteiger partial charge is 0.325 e. The molecule has 1 atom stereocenters. The Morgan fingerprint density at radius 3 is 2.58 bits per heavy atom. The van der Waals surface area contributed by atoms with Gasteiger partial charge >= 0.3 is 6.03 Å². The van der Waals surface area contributed by atoms with Crippen LogP contribution in [-0.2, 0) is 10.3 Å². The molecule has 1 aliphatic rings. The highest BCUT2D eigenvalue weighted by atomic mass is 16.5. The minimum Gasteiger partial charge on any atom is -0.494 e. The van der Waals surface area contributed by atoms with Gasteiger partial charge in [0.2, 0.25) is 0 Å². The molecule has 124 valence electrons. The Bertz CT molecular complexity index is 721. The Kier molecular flexibility index (Phi) is 4.46. The highest BCUT2D eigenvalue weighted by Crippen LogP contribution is 2.27. The molecule has 2 heterocycles. The van der Waals surface area contributed by atoms with Gasteiger partial charge in [-0.05, 0) is 37.6 Å². The largest absolute Gasteiger partial charge is 0.494 e. The molecule has 0 bridgehead atoms. The fourth-order valence-corrected chi connectivity index (χ4v) is 2.66. The monoisotopic (exact) mass is 325 g/mol. The molecule has 1 saturated heterocycles. The van der Waals surface area contributed by atoms with Crippen LogP contribution in [0.3, 0.4) is 0 Å². The second kappa shape index (κ2) is 6.70. The van der Waals surface area contributed by atoms with Crippen LogP contribution in [0.2, 0.25) is 0 Å². The average Bonchev–Trinajstić information content (AvgIpc) is 2.84. The lowest BCUT2D eigenvalue weighted by atomic mass is 9.97. The Morgan fingerprint density at radius 1 is 1.12 bits per heavy atom. The first kappa shape index (κ1) is 16.0. The van der Waals surface area contributed by atoms with E-state index in [1.54, 1.807) is 31.3 Å². The number of nitrogens with one attached hydrogen (secondary N) is 1. The maximum atomic E-state index is 12.7. The summed E-state index contributed by atoms with van der Waals surface area (Å²) in [7, 11) is 0.